The first kappa shape index (κ1) is 15.4. The van der Waals surface area contributed by atoms with E-state index in [0.29, 0.717) is 12.1 Å². The minimum Gasteiger partial charge on any atom is -0.347 e. The Morgan fingerprint density at radius 1 is 1.18 bits per heavy atom. The molecule has 0 aliphatic carbocycles. The van der Waals surface area contributed by atoms with E-state index in [0.717, 1.165) is 43.7 Å². The molecule has 1 N–H and O–H groups in total. The Balaban J connectivity index is 1.97. The fraction of sp³-hybridized carbons (Fsp3) is 0.500. The topological polar surface area (TPSA) is 20.2 Å². The summed E-state index contributed by atoms with van der Waals surface area (Å²) in [7, 11) is 0. The average molecular weight is 311 g/mol. The number of rotatable bonds is 3. The van der Waals surface area contributed by atoms with E-state index in [-0.39, 0.29) is 0 Å². The molecule has 6 heteroatoms. The standard InChI is InChI=1S/C16H20F3N3/c1-2-22-11-12(10-21-7-5-20-6-8-21)14-4-3-13(9-15(14)22)16(17,18)19/h3-4,9,11,20H,2,5-8,10H2,1H3. The Hall–Kier alpha value is -1.53. The van der Waals surface area contributed by atoms with Gasteiger partial charge in [0.15, 0.2) is 0 Å². The van der Waals surface area contributed by atoms with Crippen LogP contribution in [-0.2, 0) is 19.3 Å². The van der Waals surface area contributed by atoms with E-state index >= 15 is 0 Å². The van der Waals surface area contributed by atoms with Crippen LogP contribution >= 0.6 is 0 Å². The number of aryl methyl sites for hydroxylation is 1. The molecule has 1 aromatic carbocycles. The maximum atomic E-state index is 12.9. The van der Waals surface area contributed by atoms with Crippen LogP contribution in [0.25, 0.3) is 10.9 Å². The van der Waals surface area contributed by atoms with Crippen LogP contribution in [0.1, 0.15) is 18.1 Å². The quantitative estimate of drug-likeness (QED) is 0.940. The first-order chi connectivity index (χ1) is 10.5. The van der Waals surface area contributed by atoms with Crippen molar-refractivity contribution in [3.63, 3.8) is 0 Å². The Labute approximate surface area is 127 Å². The molecule has 0 unspecified atom stereocenters. The number of alkyl halides is 3. The first-order valence-corrected chi connectivity index (χ1v) is 7.61. The molecule has 1 aliphatic heterocycles. The lowest BCUT2D eigenvalue weighted by molar-refractivity contribution is -0.137. The Morgan fingerprint density at radius 3 is 2.55 bits per heavy atom. The minimum absolute atomic E-state index is 0.582. The third-order valence-corrected chi connectivity index (χ3v) is 4.24. The molecule has 1 saturated heterocycles. The van der Waals surface area contributed by atoms with Crippen molar-refractivity contribution in [3.05, 3.63) is 35.5 Å². The van der Waals surface area contributed by atoms with Gasteiger partial charge in [-0.1, -0.05) is 6.07 Å². The van der Waals surface area contributed by atoms with E-state index in [4.69, 9.17) is 0 Å². The lowest BCUT2D eigenvalue weighted by Crippen LogP contribution is -2.42. The average Bonchev–Trinajstić information content (AvgIpc) is 2.85. The highest BCUT2D eigenvalue weighted by Crippen LogP contribution is 2.33. The summed E-state index contributed by atoms with van der Waals surface area (Å²) < 4.78 is 40.6. The van der Waals surface area contributed by atoms with Crippen molar-refractivity contribution in [3.8, 4) is 0 Å². The van der Waals surface area contributed by atoms with Gasteiger partial charge in [-0.15, -0.1) is 0 Å². The molecule has 1 fully saturated rings. The molecular formula is C16H20F3N3. The fourth-order valence-corrected chi connectivity index (χ4v) is 3.04. The number of hydrogen-bond acceptors (Lipinski definition) is 2. The van der Waals surface area contributed by atoms with E-state index in [1.807, 2.05) is 17.7 Å². The normalized spacial score (nSPS) is 17.3. The molecule has 3 rings (SSSR count). The molecule has 0 saturated carbocycles. The van der Waals surface area contributed by atoms with Crippen LogP contribution in [0.15, 0.2) is 24.4 Å². The lowest BCUT2D eigenvalue weighted by atomic mass is 10.1. The van der Waals surface area contributed by atoms with Crippen molar-refractivity contribution in [2.24, 2.45) is 0 Å². The van der Waals surface area contributed by atoms with Crippen molar-refractivity contribution >= 4 is 10.9 Å². The van der Waals surface area contributed by atoms with Crippen molar-refractivity contribution in [1.82, 2.24) is 14.8 Å². The molecule has 3 nitrogen and oxygen atoms in total. The van der Waals surface area contributed by atoms with Crippen molar-refractivity contribution < 1.29 is 13.2 Å². The molecule has 0 amide bonds. The van der Waals surface area contributed by atoms with Crippen LogP contribution in [0, 0.1) is 0 Å². The third kappa shape index (κ3) is 2.98. The summed E-state index contributed by atoms with van der Waals surface area (Å²) in [6.45, 7) is 7.28. The maximum Gasteiger partial charge on any atom is 0.416 e. The number of nitrogens with zero attached hydrogens (tertiary/aromatic N) is 2. The highest BCUT2D eigenvalue weighted by atomic mass is 19.4. The summed E-state index contributed by atoms with van der Waals surface area (Å²) in [6, 6.07) is 4.06. The van der Waals surface area contributed by atoms with Crippen molar-refractivity contribution in [2.75, 3.05) is 26.2 Å². The highest BCUT2D eigenvalue weighted by molar-refractivity contribution is 5.84. The number of nitrogens with one attached hydrogen (secondary N) is 1. The van der Waals surface area contributed by atoms with Crippen LogP contribution in [0.3, 0.4) is 0 Å². The van der Waals surface area contributed by atoms with Gasteiger partial charge in [-0.3, -0.25) is 4.90 Å². The SMILES string of the molecule is CCn1cc(CN2CCNCC2)c2ccc(C(F)(F)F)cc21. The van der Waals surface area contributed by atoms with E-state index in [2.05, 4.69) is 10.2 Å². The summed E-state index contributed by atoms with van der Waals surface area (Å²) in [5.41, 5.74) is 1.19. The van der Waals surface area contributed by atoms with E-state index < -0.39 is 11.7 Å². The van der Waals surface area contributed by atoms with Gasteiger partial charge in [-0.05, 0) is 24.6 Å². The highest BCUT2D eigenvalue weighted by Gasteiger charge is 2.31. The molecule has 2 heterocycles. The minimum atomic E-state index is -4.30. The van der Waals surface area contributed by atoms with Crippen molar-refractivity contribution in [2.45, 2.75) is 26.2 Å². The van der Waals surface area contributed by atoms with Gasteiger partial charge in [-0.2, -0.15) is 13.2 Å². The van der Waals surface area contributed by atoms with Gasteiger partial charge in [-0.25, -0.2) is 0 Å². The summed E-state index contributed by atoms with van der Waals surface area (Å²) in [5.74, 6) is 0. The Bertz CT molecular complexity index is 654. The molecule has 0 radical (unpaired) electrons. The molecule has 0 spiro atoms. The fourth-order valence-electron chi connectivity index (χ4n) is 3.04. The number of hydrogen-bond donors (Lipinski definition) is 1. The van der Waals surface area contributed by atoms with Gasteiger partial charge >= 0.3 is 6.18 Å². The summed E-state index contributed by atoms with van der Waals surface area (Å²) in [6.07, 6.45) is -2.30. The second-order valence-corrected chi connectivity index (χ2v) is 5.70. The summed E-state index contributed by atoms with van der Waals surface area (Å²) >= 11 is 0. The number of benzene rings is 1. The zero-order valence-corrected chi connectivity index (χ0v) is 12.6. The van der Waals surface area contributed by atoms with Crippen LogP contribution in [0.2, 0.25) is 0 Å². The maximum absolute atomic E-state index is 12.9. The van der Waals surface area contributed by atoms with Crippen LogP contribution in [0.5, 0.6) is 0 Å². The lowest BCUT2D eigenvalue weighted by Gasteiger charge is -2.26. The molecule has 0 bridgehead atoms. The largest absolute Gasteiger partial charge is 0.416 e. The van der Waals surface area contributed by atoms with Gasteiger partial charge in [0.05, 0.1) is 5.56 Å². The van der Waals surface area contributed by atoms with Crippen LogP contribution < -0.4 is 5.32 Å². The predicted octanol–water partition coefficient (Wildman–Crippen LogP) is 3.09. The predicted molar refractivity (Wildman–Crippen MR) is 80.8 cm³/mol. The van der Waals surface area contributed by atoms with E-state index in [1.165, 1.54) is 12.1 Å². The molecule has 0 atom stereocenters. The first-order valence-electron chi connectivity index (χ1n) is 7.61. The van der Waals surface area contributed by atoms with E-state index in [9.17, 15) is 13.2 Å². The van der Waals surface area contributed by atoms with Gasteiger partial charge in [0, 0.05) is 56.4 Å². The van der Waals surface area contributed by atoms with Crippen LogP contribution in [0.4, 0.5) is 13.2 Å². The van der Waals surface area contributed by atoms with Gasteiger partial charge in [0.2, 0.25) is 0 Å². The number of aromatic nitrogens is 1. The zero-order valence-electron chi connectivity index (χ0n) is 12.6. The van der Waals surface area contributed by atoms with E-state index in [1.54, 1.807) is 6.07 Å². The third-order valence-electron chi connectivity index (χ3n) is 4.24. The Morgan fingerprint density at radius 2 is 1.91 bits per heavy atom. The molecular weight excluding hydrogens is 291 g/mol. The molecule has 120 valence electrons. The Kier molecular flexibility index (Phi) is 4.14. The molecule has 1 aromatic heterocycles. The van der Waals surface area contributed by atoms with Crippen LogP contribution in [-0.4, -0.2) is 35.6 Å². The van der Waals surface area contributed by atoms with Gasteiger partial charge in [0.1, 0.15) is 0 Å². The molecule has 2 aromatic rings. The van der Waals surface area contributed by atoms with Crippen molar-refractivity contribution in [1.29, 1.82) is 0 Å². The second kappa shape index (κ2) is 5.93. The summed E-state index contributed by atoms with van der Waals surface area (Å²) in [4.78, 5) is 2.34. The number of halogens is 3. The second-order valence-electron chi connectivity index (χ2n) is 5.70. The number of fused-ring (bicyclic) bond motifs is 1. The number of piperazine rings is 1. The van der Waals surface area contributed by atoms with Gasteiger partial charge < -0.3 is 9.88 Å². The van der Waals surface area contributed by atoms with Gasteiger partial charge in [0.25, 0.3) is 0 Å². The monoisotopic (exact) mass is 311 g/mol. The molecule has 1 aliphatic rings. The molecule has 22 heavy (non-hydrogen) atoms. The summed E-state index contributed by atoms with van der Waals surface area (Å²) in [5, 5.41) is 4.23. The smallest absolute Gasteiger partial charge is 0.347 e. The zero-order chi connectivity index (χ0) is 15.7.